The van der Waals surface area contributed by atoms with Gasteiger partial charge >= 0.3 is 19.6 Å². The van der Waals surface area contributed by atoms with Crippen LogP contribution < -0.4 is 9.39 Å². The molecule has 0 saturated heterocycles. The lowest BCUT2D eigenvalue weighted by atomic mass is 9.88. The molecule has 3 rings (SSSR count). The molecule has 0 amide bonds. The summed E-state index contributed by atoms with van der Waals surface area (Å²) in [6, 6.07) is 26.5. The second-order valence-electron chi connectivity index (χ2n) is 9.46. The normalized spacial score (nSPS) is 11.3. The van der Waals surface area contributed by atoms with Crippen LogP contribution in [0, 0.1) is 0 Å². The SMILES string of the molecule is CC/C(=C(/c1ccc(O[B]O)cc1)c1ccc(OCCN(C)C)cc1)c1ccccc1.CN(CC(=O)O)CC(=O)O. The average molecular weight is 561 g/mol. The van der Waals surface area contributed by atoms with Gasteiger partial charge in [-0.15, -0.1) is 0 Å². The molecule has 0 atom stereocenters. The molecule has 0 saturated carbocycles. The Morgan fingerprint density at radius 1 is 0.756 bits per heavy atom. The maximum Gasteiger partial charge on any atom is 0.569 e. The Kier molecular flexibility index (Phi) is 14.2. The maximum atomic E-state index is 9.96. The molecule has 3 aromatic carbocycles. The van der Waals surface area contributed by atoms with Crippen molar-refractivity contribution in [2.75, 3.05) is 47.4 Å². The Morgan fingerprint density at radius 2 is 1.27 bits per heavy atom. The first kappa shape index (κ1) is 33.1. The number of ether oxygens (including phenoxy) is 1. The summed E-state index contributed by atoms with van der Waals surface area (Å²) >= 11 is 0. The molecule has 0 heterocycles. The summed E-state index contributed by atoms with van der Waals surface area (Å²) in [5.41, 5.74) is 5.86. The van der Waals surface area contributed by atoms with E-state index < -0.39 is 11.9 Å². The number of hydrogen-bond acceptors (Lipinski definition) is 7. The third-order valence-corrected chi connectivity index (χ3v) is 5.87. The van der Waals surface area contributed by atoms with Crippen molar-refractivity contribution in [3.05, 3.63) is 95.6 Å². The van der Waals surface area contributed by atoms with E-state index in [0.717, 1.165) is 29.8 Å². The van der Waals surface area contributed by atoms with Crippen LogP contribution in [0.2, 0.25) is 0 Å². The van der Waals surface area contributed by atoms with Gasteiger partial charge in [-0.1, -0.05) is 61.5 Å². The Labute approximate surface area is 242 Å². The van der Waals surface area contributed by atoms with Crippen LogP contribution in [0.3, 0.4) is 0 Å². The van der Waals surface area contributed by atoms with Crippen molar-refractivity contribution < 1.29 is 34.2 Å². The molecule has 10 heteroatoms. The van der Waals surface area contributed by atoms with Crippen LogP contribution in [0.4, 0.5) is 0 Å². The molecule has 0 aromatic heterocycles. The lowest BCUT2D eigenvalue weighted by Crippen LogP contribution is -2.30. The van der Waals surface area contributed by atoms with Gasteiger partial charge in [-0.3, -0.25) is 14.5 Å². The minimum absolute atomic E-state index is 0.244. The molecular formula is C31H38BN2O7. The van der Waals surface area contributed by atoms with Gasteiger partial charge in [0.1, 0.15) is 18.1 Å². The zero-order valence-corrected chi connectivity index (χ0v) is 24.0. The van der Waals surface area contributed by atoms with Crippen LogP contribution in [-0.2, 0) is 9.59 Å². The monoisotopic (exact) mass is 561 g/mol. The number of aliphatic carboxylic acids is 2. The molecule has 9 nitrogen and oxygen atoms in total. The highest BCUT2D eigenvalue weighted by Gasteiger charge is 2.14. The number of allylic oxidation sites excluding steroid dienone is 1. The predicted octanol–water partition coefficient (Wildman–Crippen LogP) is 3.99. The first-order chi connectivity index (χ1) is 19.6. The summed E-state index contributed by atoms with van der Waals surface area (Å²) in [4.78, 5) is 23.2. The predicted molar refractivity (Wildman–Crippen MR) is 161 cm³/mol. The number of carboxylic acids is 2. The van der Waals surface area contributed by atoms with Crippen molar-refractivity contribution >= 4 is 30.8 Å². The smallest absolute Gasteiger partial charge is 0.537 e. The molecule has 0 aliphatic heterocycles. The average Bonchev–Trinajstić information content (AvgIpc) is 2.93. The van der Waals surface area contributed by atoms with E-state index in [1.54, 1.807) is 0 Å². The molecule has 1 radical (unpaired) electrons. The van der Waals surface area contributed by atoms with Crippen molar-refractivity contribution in [1.29, 1.82) is 0 Å². The number of likely N-dealkylation sites (N-methyl/N-ethyl adjacent to an activating group) is 2. The van der Waals surface area contributed by atoms with Crippen molar-refractivity contribution in [3.63, 3.8) is 0 Å². The maximum absolute atomic E-state index is 9.96. The van der Waals surface area contributed by atoms with E-state index in [2.05, 4.69) is 48.2 Å². The van der Waals surface area contributed by atoms with Gasteiger partial charge in [0.2, 0.25) is 0 Å². The second kappa shape index (κ2) is 17.5. The largest absolute Gasteiger partial charge is 0.569 e. The molecule has 3 N–H and O–H groups in total. The minimum Gasteiger partial charge on any atom is -0.537 e. The molecule has 41 heavy (non-hydrogen) atoms. The standard InChI is InChI=1S/C26H29BNO3.C5H9NO4/c1-4-25(20-8-6-5-7-9-20)26(22-12-16-24(17-13-22)31-27-29)21-10-14-23(15-11-21)30-19-18-28(2)3;1-6(2-4(7)8)3-5(9)10/h5-17,29H,4,18-19H2,1-3H3;2-3H2,1H3,(H,7,8)(H,9,10)/b26-25-;. The Bertz CT molecular complexity index is 1230. The molecule has 0 bridgehead atoms. The van der Waals surface area contributed by atoms with Gasteiger partial charge in [-0.2, -0.15) is 0 Å². The summed E-state index contributed by atoms with van der Waals surface area (Å²) in [5.74, 6) is -0.592. The van der Waals surface area contributed by atoms with E-state index >= 15 is 0 Å². The van der Waals surface area contributed by atoms with Crippen molar-refractivity contribution in [1.82, 2.24) is 9.80 Å². The fourth-order valence-corrected chi connectivity index (χ4v) is 4.02. The van der Waals surface area contributed by atoms with Crippen molar-refractivity contribution in [3.8, 4) is 11.5 Å². The van der Waals surface area contributed by atoms with Crippen molar-refractivity contribution in [2.45, 2.75) is 13.3 Å². The van der Waals surface area contributed by atoms with Crippen LogP contribution in [0.15, 0.2) is 78.9 Å². The summed E-state index contributed by atoms with van der Waals surface area (Å²) in [6.45, 7) is 3.22. The third kappa shape index (κ3) is 11.9. The van der Waals surface area contributed by atoms with Crippen LogP contribution >= 0.6 is 0 Å². The topological polar surface area (TPSA) is 120 Å². The lowest BCUT2D eigenvalue weighted by Gasteiger charge is -2.17. The van der Waals surface area contributed by atoms with E-state index in [0.29, 0.717) is 20.0 Å². The molecule has 0 aliphatic carbocycles. The van der Waals surface area contributed by atoms with Gasteiger partial charge < -0.3 is 29.5 Å². The molecule has 0 unspecified atom stereocenters. The van der Waals surface area contributed by atoms with E-state index in [1.807, 2.05) is 56.6 Å². The first-order valence-corrected chi connectivity index (χ1v) is 13.2. The summed E-state index contributed by atoms with van der Waals surface area (Å²) in [6.07, 6.45) is 0.892. The number of hydrogen-bond donors (Lipinski definition) is 3. The highest BCUT2D eigenvalue weighted by Crippen LogP contribution is 2.35. The first-order valence-electron chi connectivity index (χ1n) is 13.2. The quantitative estimate of drug-likeness (QED) is 0.198. The highest BCUT2D eigenvalue weighted by atomic mass is 16.5. The van der Waals surface area contributed by atoms with Gasteiger partial charge in [0.15, 0.2) is 0 Å². The number of nitrogens with zero attached hydrogens (tertiary/aromatic N) is 2. The lowest BCUT2D eigenvalue weighted by molar-refractivity contribution is -0.141. The Morgan fingerprint density at radius 3 is 1.71 bits per heavy atom. The van der Waals surface area contributed by atoms with Gasteiger partial charge in [0.25, 0.3) is 0 Å². The fraction of sp³-hybridized carbons (Fsp3) is 0.290. The molecule has 0 fully saturated rings. The molecule has 217 valence electrons. The van der Waals surface area contributed by atoms with E-state index in [9.17, 15) is 9.59 Å². The number of rotatable bonds is 14. The fourth-order valence-electron chi connectivity index (χ4n) is 4.02. The summed E-state index contributed by atoms with van der Waals surface area (Å²) < 4.78 is 11.0. The van der Waals surface area contributed by atoms with Crippen LogP contribution in [-0.4, -0.2) is 92.0 Å². The van der Waals surface area contributed by atoms with Gasteiger partial charge in [-0.25, -0.2) is 0 Å². The molecular weight excluding hydrogens is 523 g/mol. The second-order valence-corrected chi connectivity index (χ2v) is 9.46. The Hall–Kier alpha value is -4.12. The van der Waals surface area contributed by atoms with Crippen LogP contribution in [0.1, 0.15) is 30.0 Å². The van der Waals surface area contributed by atoms with E-state index in [1.165, 1.54) is 28.7 Å². The summed E-state index contributed by atoms with van der Waals surface area (Å²) in [7, 11) is 6.20. The summed E-state index contributed by atoms with van der Waals surface area (Å²) in [5, 5.41) is 25.2. The molecule has 3 aromatic rings. The Balaban J connectivity index is 0.000000503. The zero-order valence-electron chi connectivity index (χ0n) is 24.0. The number of carbonyl (C=O) groups is 2. The highest BCUT2D eigenvalue weighted by molar-refractivity contribution is 6.17. The molecule has 0 spiro atoms. The van der Waals surface area contributed by atoms with E-state index in [4.69, 9.17) is 24.6 Å². The van der Waals surface area contributed by atoms with Gasteiger partial charge in [-0.05, 0) is 79.7 Å². The number of carboxylic acid groups (broad SMARTS) is 2. The minimum atomic E-state index is -1.02. The number of benzene rings is 3. The van der Waals surface area contributed by atoms with Gasteiger partial charge in [0.05, 0.1) is 13.1 Å². The van der Waals surface area contributed by atoms with Crippen molar-refractivity contribution in [2.24, 2.45) is 0 Å². The van der Waals surface area contributed by atoms with Crippen LogP contribution in [0.25, 0.3) is 11.1 Å². The zero-order chi connectivity index (χ0) is 30.2. The van der Waals surface area contributed by atoms with Gasteiger partial charge in [0, 0.05) is 6.54 Å². The molecule has 0 aliphatic rings. The van der Waals surface area contributed by atoms with E-state index in [-0.39, 0.29) is 13.1 Å². The third-order valence-electron chi connectivity index (χ3n) is 5.87. The van der Waals surface area contributed by atoms with Crippen LogP contribution in [0.5, 0.6) is 11.5 Å².